The number of nitrogens with one attached hydrogen (secondary N) is 2. The minimum Gasteiger partial charge on any atom is -0.349 e. The summed E-state index contributed by atoms with van der Waals surface area (Å²) in [5.41, 5.74) is -5.92. The highest BCUT2D eigenvalue weighted by molar-refractivity contribution is 7.80. The molecule has 0 saturated heterocycles. The van der Waals surface area contributed by atoms with E-state index in [2.05, 4.69) is 23.3 Å². The van der Waals surface area contributed by atoms with Crippen LogP contribution in [-0.2, 0) is 12.2 Å². The van der Waals surface area contributed by atoms with Crippen LogP contribution >= 0.6 is 35.6 Å². The van der Waals surface area contributed by atoms with Crippen molar-refractivity contribution in [2.45, 2.75) is 44.5 Å². The SMILES string of the molecule is Cc1cc(Cn2c(=O)sc3cc(C(F)(C(F)(F)F)C(F)(F)F)ccc32)ccc1NC(=O)c1cccc(Cl)c1C(=O)N[C@@H](C)CS. The van der Waals surface area contributed by atoms with E-state index in [0.29, 0.717) is 46.0 Å². The van der Waals surface area contributed by atoms with Crippen molar-refractivity contribution < 1.29 is 40.3 Å². The zero-order valence-corrected chi connectivity index (χ0v) is 25.7. The number of benzene rings is 3. The van der Waals surface area contributed by atoms with Gasteiger partial charge in [0.2, 0.25) is 0 Å². The summed E-state index contributed by atoms with van der Waals surface area (Å²) in [6.07, 6.45) is -12.6. The lowest BCUT2D eigenvalue weighted by Gasteiger charge is -2.30. The molecule has 0 saturated carbocycles. The first-order valence-corrected chi connectivity index (χ1v) is 14.8. The van der Waals surface area contributed by atoms with E-state index in [1.807, 2.05) is 0 Å². The van der Waals surface area contributed by atoms with Gasteiger partial charge >= 0.3 is 22.9 Å². The molecule has 45 heavy (non-hydrogen) atoms. The van der Waals surface area contributed by atoms with Gasteiger partial charge in [-0.1, -0.05) is 47.2 Å². The molecule has 1 aromatic heterocycles. The lowest BCUT2D eigenvalue weighted by Crippen LogP contribution is -2.50. The van der Waals surface area contributed by atoms with Gasteiger partial charge in [0.25, 0.3) is 11.8 Å². The third kappa shape index (κ3) is 6.70. The van der Waals surface area contributed by atoms with Gasteiger partial charge in [-0.2, -0.15) is 39.0 Å². The Bertz CT molecular complexity index is 1820. The molecular weight excluding hydrogens is 671 g/mol. The Morgan fingerprint density at radius 2 is 1.64 bits per heavy atom. The van der Waals surface area contributed by atoms with Gasteiger partial charge < -0.3 is 10.6 Å². The Kier molecular flexibility index (Phi) is 9.67. The molecule has 240 valence electrons. The van der Waals surface area contributed by atoms with Crippen LogP contribution in [0.3, 0.4) is 0 Å². The number of carbonyl (C=O) groups is 2. The molecule has 3 aromatic carbocycles. The highest BCUT2D eigenvalue weighted by atomic mass is 35.5. The molecule has 1 atom stereocenters. The average molecular weight is 694 g/mol. The maximum atomic E-state index is 14.6. The average Bonchev–Trinajstić information content (AvgIpc) is 3.26. The van der Waals surface area contributed by atoms with Crippen molar-refractivity contribution in [2.75, 3.05) is 11.1 Å². The summed E-state index contributed by atoms with van der Waals surface area (Å²) >= 11 is 10.7. The first-order valence-electron chi connectivity index (χ1n) is 13.0. The number of fused-ring (bicyclic) bond motifs is 1. The molecule has 0 radical (unpaired) electrons. The van der Waals surface area contributed by atoms with Crippen LogP contribution in [0, 0.1) is 6.92 Å². The highest BCUT2D eigenvalue weighted by Crippen LogP contribution is 2.53. The summed E-state index contributed by atoms with van der Waals surface area (Å²) in [6.45, 7) is 3.25. The number of alkyl halides is 7. The molecule has 0 spiro atoms. The van der Waals surface area contributed by atoms with E-state index < -0.39 is 40.3 Å². The van der Waals surface area contributed by atoms with Crippen molar-refractivity contribution in [3.05, 3.63) is 97.1 Å². The lowest BCUT2D eigenvalue weighted by molar-refractivity contribution is -0.348. The molecule has 2 N–H and O–H groups in total. The predicted octanol–water partition coefficient (Wildman–Crippen LogP) is 7.66. The van der Waals surface area contributed by atoms with Gasteiger partial charge in [0.1, 0.15) is 0 Å². The number of thiazole rings is 1. The molecular formula is C29H23ClF7N3O3S2. The number of carbonyl (C=O) groups excluding carboxylic acids is 2. The van der Waals surface area contributed by atoms with Crippen molar-refractivity contribution in [3.63, 3.8) is 0 Å². The number of rotatable bonds is 8. The van der Waals surface area contributed by atoms with E-state index in [1.54, 1.807) is 26.0 Å². The number of aromatic nitrogens is 1. The second kappa shape index (κ2) is 12.7. The number of amides is 2. The molecule has 1 heterocycles. The van der Waals surface area contributed by atoms with Crippen molar-refractivity contribution in [2.24, 2.45) is 0 Å². The monoisotopic (exact) mass is 693 g/mol. The molecule has 4 rings (SSSR count). The topological polar surface area (TPSA) is 80.2 Å². The normalized spacial score (nSPS) is 13.1. The van der Waals surface area contributed by atoms with Gasteiger partial charge in [0.15, 0.2) is 0 Å². The first-order chi connectivity index (χ1) is 20.9. The smallest absolute Gasteiger partial charge is 0.349 e. The molecule has 16 heteroatoms. The van der Waals surface area contributed by atoms with Gasteiger partial charge in [-0.05, 0) is 55.3 Å². The summed E-state index contributed by atoms with van der Waals surface area (Å²) in [5, 5.41) is 5.47. The molecule has 0 bridgehead atoms. The van der Waals surface area contributed by atoms with Gasteiger partial charge in [-0.3, -0.25) is 19.0 Å². The minimum absolute atomic E-state index is 0.00878. The van der Waals surface area contributed by atoms with Gasteiger partial charge in [-0.15, -0.1) is 0 Å². The molecule has 0 aliphatic rings. The van der Waals surface area contributed by atoms with Crippen LogP contribution in [0.1, 0.15) is 44.3 Å². The fourth-order valence-corrected chi connectivity index (χ4v) is 5.82. The third-order valence-corrected chi connectivity index (χ3v) is 8.67. The molecule has 0 aliphatic carbocycles. The fraction of sp³-hybridized carbons (Fsp3) is 0.276. The number of anilines is 1. The van der Waals surface area contributed by atoms with Crippen LogP contribution in [-0.4, -0.2) is 40.5 Å². The summed E-state index contributed by atoms with van der Waals surface area (Å²) in [7, 11) is 0. The molecule has 4 aromatic rings. The molecule has 2 amide bonds. The zero-order valence-electron chi connectivity index (χ0n) is 23.2. The Labute approximate surface area is 265 Å². The quantitative estimate of drug-likeness (QED) is 0.131. The van der Waals surface area contributed by atoms with Crippen molar-refractivity contribution in [3.8, 4) is 0 Å². The van der Waals surface area contributed by atoms with Gasteiger partial charge in [0.05, 0.1) is 32.9 Å². The summed E-state index contributed by atoms with van der Waals surface area (Å²) in [4.78, 5) is 38.0. The van der Waals surface area contributed by atoms with Crippen molar-refractivity contribution >= 4 is 63.3 Å². The molecule has 0 unspecified atom stereocenters. The third-order valence-electron chi connectivity index (χ3n) is 6.86. The standard InChI is InChI=1S/C29H23ClF7N3O3S2/c1-14-10-16(6-8-20(14)39-24(41)18-4-3-5-19(30)23(18)25(42)38-15(2)13-44)12-40-21-9-7-17(11-22(21)45-26(40)43)27(31,28(32,33)34)29(35,36)37/h3-11,15,44H,12-13H2,1-2H3,(H,38,42)(H,39,41)/t15-/m0/s1. The lowest BCUT2D eigenvalue weighted by atomic mass is 9.94. The van der Waals surface area contributed by atoms with Crippen LogP contribution in [0.4, 0.5) is 36.4 Å². The van der Waals surface area contributed by atoms with E-state index in [-0.39, 0.29) is 39.0 Å². The summed E-state index contributed by atoms with van der Waals surface area (Å²) in [5.74, 6) is -0.838. The van der Waals surface area contributed by atoms with Crippen LogP contribution < -0.4 is 15.5 Å². The first kappa shape index (κ1) is 34.3. The molecule has 0 aliphatic heterocycles. The summed E-state index contributed by atoms with van der Waals surface area (Å²) in [6, 6.07) is 10.4. The maximum absolute atomic E-state index is 14.6. The van der Waals surface area contributed by atoms with E-state index in [1.165, 1.54) is 24.3 Å². The van der Waals surface area contributed by atoms with Crippen LogP contribution in [0.2, 0.25) is 5.02 Å². The Morgan fingerprint density at radius 1 is 0.978 bits per heavy atom. The Morgan fingerprint density at radius 3 is 2.24 bits per heavy atom. The number of hydrogen-bond donors (Lipinski definition) is 3. The number of aryl methyl sites for hydroxylation is 1. The molecule has 6 nitrogen and oxygen atoms in total. The number of halogens is 8. The Balaban J connectivity index is 1.60. The fourth-order valence-electron chi connectivity index (χ4n) is 4.54. The van der Waals surface area contributed by atoms with E-state index in [9.17, 15) is 45.1 Å². The Hall–Kier alpha value is -3.56. The predicted molar refractivity (Wildman–Crippen MR) is 161 cm³/mol. The van der Waals surface area contributed by atoms with Gasteiger partial charge in [-0.25, -0.2) is 4.39 Å². The van der Waals surface area contributed by atoms with Crippen LogP contribution in [0.15, 0.2) is 59.4 Å². The maximum Gasteiger partial charge on any atom is 0.435 e. The largest absolute Gasteiger partial charge is 0.435 e. The van der Waals surface area contributed by atoms with Crippen molar-refractivity contribution in [1.29, 1.82) is 0 Å². The van der Waals surface area contributed by atoms with Crippen LogP contribution in [0.25, 0.3) is 10.2 Å². The highest BCUT2D eigenvalue weighted by Gasteiger charge is 2.73. The zero-order chi connectivity index (χ0) is 33.5. The number of hydrogen-bond acceptors (Lipinski definition) is 5. The van der Waals surface area contributed by atoms with E-state index >= 15 is 0 Å². The minimum atomic E-state index is -6.28. The molecule has 0 fully saturated rings. The second-order valence-corrected chi connectivity index (χ2v) is 11.9. The summed E-state index contributed by atoms with van der Waals surface area (Å²) < 4.78 is 94.8. The van der Waals surface area contributed by atoms with E-state index in [0.717, 1.165) is 10.6 Å². The van der Waals surface area contributed by atoms with Crippen molar-refractivity contribution in [1.82, 2.24) is 9.88 Å². The number of nitrogens with zero attached hydrogens (tertiary/aromatic N) is 1. The second-order valence-electron chi connectivity index (χ2n) is 10.1. The number of thiol groups is 1. The van der Waals surface area contributed by atoms with E-state index in [4.69, 9.17) is 11.6 Å². The van der Waals surface area contributed by atoms with Gasteiger partial charge in [0, 0.05) is 23.0 Å². The van der Waals surface area contributed by atoms with Crippen LogP contribution in [0.5, 0.6) is 0 Å².